The van der Waals surface area contributed by atoms with Gasteiger partial charge in [-0.1, -0.05) is 31.2 Å². The van der Waals surface area contributed by atoms with Crippen LogP contribution in [-0.2, 0) is 9.84 Å². The Bertz CT molecular complexity index is 1540. The molecule has 0 bridgehead atoms. The van der Waals surface area contributed by atoms with Crippen LogP contribution in [0.25, 0.3) is 16.5 Å². The highest BCUT2D eigenvalue weighted by molar-refractivity contribution is 7.90. The van der Waals surface area contributed by atoms with Crippen molar-refractivity contribution in [2.24, 2.45) is 0 Å². The highest BCUT2D eigenvalue weighted by Crippen LogP contribution is 2.41. The third-order valence-corrected chi connectivity index (χ3v) is 8.08. The lowest BCUT2D eigenvalue weighted by Gasteiger charge is -2.32. The van der Waals surface area contributed by atoms with Gasteiger partial charge in [-0.25, -0.2) is 27.2 Å². The minimum atomic E-state index is -3.40. The maximum absolute atomic E-state index is 15.6. The summed E-state index contributed by atoms with van der Waals surface area (Å²) in [6.45, 7) is 6.74. The molecule has 1 aliphatic heterocycles. The van der Waals surface area contributed by atoms with Gasteiger partial charge < -0.3 is 9.42 Å². The molecule has 38 heavy (non-hydrogen) atoms. The molecule has 1 fully saturated rings. The Morgan fingerprint density at radius 3 is 2.55 bits per heavy atom. The van der Waals surface area contributed by atoms with Crippen molar-refractivity contribution in [3.63, 3.8) is 0 Å². The maximum atomic E-state index is 15.6. The molecule has 0 N–H and O–H groups in total. The largest absolute Gasteiger partial charge is 0.356 e. The number of aromatic nitrogens is 4. The number of benzene rings is 1. The smallest absolute Gasteiger partial charge is 0.229 e. The van der Waals surface area contributed by atoms with E-state index in [0.717, 1.165) is 19.1 Å². The topological polar surface area (TPSA) is 102 Å². The van der Waals surface area contributed by atoms with Crippen LogP contribution in [0.2, 0.25) is 0 Å². The molecule has 1 aromatic carbocycles. The minimum Gasteiger partial charge on any atom is -0.356 e. The molecule has 0 amide bonds. The second-order valence-corrected chi connectivity index (χ2v) is 12.9. The zero-order valence-electron chi connectivity index (χ0n) is 21.9. The summed E-state index contributed by atoms with van der Waals surface area (Å²) < 4.78 is 59.5. The summed E-state index contributed by atoms with van der Waals surface area (Å²) >= 11 is 0. The Labute approximate surface area is 220 Å². The molecule has 2 aromatic heterocycles. The van der Waals surface area contributed by atoms with E-state index in [1.807, 2.05) is 13.8 Å². The second-order valence-electron chi connectivity index (χ2n) is 10.8. The van der Waals surface area contributed by atoms with Gasteiger partial charge in [0, 0.05) is 48.6 Å². The van der Waals surface area contributed by atoms with Crippen LogP contribution in [0.5, 0.6) is 0 Å². The van der Waals surface area contributed by atoms with Crippen LogP contribution in [0.4, 0.5) is 14.6 Å². The average molecular weight is 544 g/mol. The first-order valence-electron chi connectivity index (χ1n) is 12.7. The van der Waals surface area contributed by atoms with E-state index >= 15 is 4.39 Å². The third kappa shape index (κ3) is 5.34. The monoisotopic (exact) mass is 543 g/mol. The Kier molecular flexibility index (Phi) is 6.83. The molecular formula is C27H31F2N5O3S. The number of piperidine rings is 1. The summed E-state index contributed by atoms with van der Waals surface area (Å²) in [6.07, 6.45) is 7.17. The van der Waals surface area contributed by atoms with Gasteiger partial charge in [0.1, 0.15) is 23.6 Å². The number of fused-ring (bicyclic) bond motifs is 1. The number of rotatable bonds is 6. The summed E-state index contributed by atoms with van der Waals surface area (Å²) in [5, 5.41) is 4.63. The summed E-state index contributed by atoms with van der Waals surface area (Å²) in [5.74, 6) is 1.48. The molecule has 3 heterocycles. The molecule has 2 aliphatic rings. The normalized spacial score (nSPS) is 21.2. The fourth-order valence-electron chi connectivity index (χ4n) is 5.17. The molecule has 3 aromatic rings. The second kappa shape index (κ2) is 9.83. The van der Waals surface area contributed by atoms with E-state index in [4.69, 9.17) is 4.52 Å². The van der Waals surface area contributed by atoms with E-state index in [-0.39, 0.29) is 29.6 Å². The molecule has 11 heteroatoms. The maximum Gasteiger partial charge on any atom is 0.229 e. The van der Waals surface area contributed by atoms with Gasteiger partial charge in [-0.05, 0) is 43.0 Å². The van der Waals surface area contributed by atoms with E-state index in [1.54, 1.807) is 6.08 Å². The van der Waals surface area contributed by atoms with Gasteiger partial charge in [0.05, 0.1) is 11.3 Å². The zero-order chi connectivity index (χ0) is 27.2. The van der Waals surface area contributed by atoms with Crippen molar-refractivity contribution in [2.75, 3.05) is 30.0 Å². The number of nitrogens with zero attached hydrogens (tertiary/aromatic N) is 5. The van der Waals surface area contributed by atoms with Gasteiger partial charge >= 0.3 is 0 Å². The van der Waals surface area contributed by atoms with Crippen LogP contribution >= 0.6 is 0 Å². The lowest BCUT2D eigenvalue weighted by molar-refractivity contribution is 0.245. The molecule has 5 rings (SSSR count). The molecule has 1 saturated heterocycles. The van der Waals surface area contributed by atoms with E-state index < -0.39 is 21.3 Å². The molecule has 1 atom stereocenters. The van der Waals surface area contributed by atoms with Crippen LogP contribution in [0.15, 0.2) is 40.7 Å². The summed E-state index contributed by atoms with van der Waals surface area (Å²) in [6, 6.07) is 2.76. The van der Waals surface area contributed by atoms with Crippen molar-refractivity contribution < 1.29 is 21.7 Å². The molecule has 0 spiro atoms. The minimum absolute atomic E-state index is 0.0831. The molecule has 8 nitrogen and oxygen atoms in total. The van der Waals surface area contributed by atoms with E-state index in [0.29, 0.717) is 52.7 Å². The Balaban J connectivity index is 1.44. The van der Waals surface area contributed by atoms with Crippen LogP contribution < -0.4 is 4.90 Å². The Hall–Kier alpha value is -3.21. The highest BCUT2D eigenvalue weighted by atomic mass is 32.2. The van der Waals surface area contributed by atoms with Crippen molar-refractivity contribution in [1.82, 2.24) is 20.1 Å². The first-order chi connectivity index (χ1) is 17.9. The molecular weight excluding hydrogens is 512 g/mol. The predicted octanol–water partition coefficient (Wildman–Crippen LogP) is 5.15. The standard InChI is InChI=1S/C27H31F2N5O3S/c1-16(2)24-32-26(37-33-24)17-7-9-34(10-8-17)25-22-12-20(28)11-21(23(22)30-15-31-25)18-5-6-19(14-38(4,35)36)27(3,29)13-18/h5-6,11-12,15-17H,7-10,13-14H2,1-4H3/t27-/m1/s1. The molecule has 202 valence electrons. The number of allylic oxidation sites excluding steroid dienone is 3. The van der Waals surface area contributed by atoms with Crippen molar-refractivity contribution >= 4 is 32.1 Å². The average Bonchev–Trinajstić information content (AvgIpc) is 3.35. The lowest BCUT2D eigenvalue weighted by Crippen LogP contribution is -2.33. The Morgan fingerprint density at radius 1 is 1.18 bits per heavy atom. The zero-order valence-corrected chi connectivity index (χ0v) is 22.7. The fourth-order valence-corrected chi connectivity index (χ4v) is 6.14. The van der Waals surface area contributed by atoms with Crippen LogP contribution in [-0.4, -0.2) is 59.3 Å². The summed E-state index contributed by atoms with van der Waals surface area (Å²) in [4.78, 5) is 15.6. The van der Waals surface area contributed by atoms with E-state index in [9.17, 15) is 12.8 Å². The van der Waals surface area contributed by atoms with E-state index in [1.165, 1.54) is 31.5 Å². The SMILES string of the molecule is CC(C)c1noc(C2CCN(c3ncnc4c(C5=CC=C(CS(C)(=O)=O)[C@](C)(F)C5)cc(F)cc34)CC2)n1. The van der Waals surface area contributed by atoms with Crippen LogP contribution in [0.1, 0.15) is 69.1 Å². The fraction of sp³-hybridized carbons (Fsp3) is 0.481. The number of hydrogen-bond donors (Lipinski definition) is 0. The molecule has 0 radical (unpaired) electrons. The number of hydrogen-bond acceptors (Lipinski definition) is 8. The number of anilines is 1. The molecule has 0 unspecified atom stereocenters. The summed E-state index contributed by atoms with van der Waals surface area (Å²) in [5.41, 5.74) is -0.140. The van der Waals surface area contributed by atoms with Crippen molar-refractivity contribution in [3.05, 3.63) is 59.3 Å². The van der Waals surface area contributed by atoms with Crippen molar-refractivity contribution in [1.29, 1.82) is 0 Å². The first-order valence-corrected chi connectivity index (χ1v) is 14.8. The van der Waals surface area contributed by atoms with Gasteiger partial charge in [0.15, 0.2) is 15.7 Å². The predicted molar refractivity (Wildman–Crippen MR) is 142 cm³/mol. The van der Waals surface area contributed by atoms with Gasteiger partial charge in [-0.15, -0.1) is 0 Å². The summed E-state index contributed by atoms with van der Waals surface area (Å²) in [7, 11) is -3.40. The van der Waals surface area contributed by atoms with Gasteiger partial charge in [-0.3, -0.25) is 0 Å². The van der Waals surface area contributed by atoms with Gasteiger partial charge in [-0.2, -0.15) is 4.98 Å². The van der Waals surface area contributed by atoms with Gasteiger partial charge in [0.2, 0.25) is 5.89 Å². The number of sulfone groups is 1. The van der Waals surface area contributed by atoms with Gasteiger partial charge in [0.25, 0.3) is 0 Å². The van der Waals surface area contributed by atoms with Crippen LogP contribution in [0.3, 0.4) is 0 Å². The number of alkyl halides is 1. The lowest BCUT2D eigenvalue weighted by atomic mass is 9.83. The van der Waals surface area contributed by atoms with Crippen molar-refractivity contribution in [2.45, 2.75) is 57.5 Å². The molecule has 0 saturated carbocycles. The number of halogens is 2. The van der Waals surface area contributed by atoms with Crippen LogP contribution in [0, 0.1) is 5.82 Å². The van der Waals surface area contributed by atoms with Crippen molar-refractivity contribution in [3.8, 4) is 0 Å². The van der Waals surface area contributed by atoms with E-state index in [2.05, 4.69) is 25.0 Å². The first kappa shape index (κ1) is 26.4. The highest BCUT2D eigenvalue weighted by Gasteiger charge is 2.35. The third-order valence-electron chi connectivity index (χ3n) is 7.24. The molecule has 1 aliphatic carbocycles. The Morgan fingerprint density at radius 2 is 1.92 bits per heavy atom. The quantitative estimate of drug-likeness (QED) is 0.421.